The standard InChI is InChI=1S/C14H29N3S/c1-13(2,12(15)18)9-10-17(5)11-14(16(3)4)7-6-8-14/h6-11H2,1-5H3,(H2,15,18). The van der Waals surface area contributed by atoms with Gasteiger partial charge in [0.25, 0.3) is 0 Å². The van der Waals surface area contributed by atoms with Gasteiger partial charge in [0.15, 0.2) is 0 Å². The van der Waals surface area contributed by atoms with Crippen LogP contribution in [0.15, 0.2) is 0 Å². The molecule has 18 heavy (non-hydrogen) atoms. The van der Waals surface area contributed by atoms with Gasteiger partial charge in [0.05, 0.1) is 4.99 Å². The summed E-state index contributed by atoms with van der Waals surface area (Å²) in [5.74, 6) is 0. The largest absolute Gasteiger partial charge is 0.393 e. The van der Waals surface area contributed by atoms with E-state index >= 15 is 0 Å². The van der Waals surface area contributed by atoms with E-state index in [1.165, 1.54) is 19.3 Å². The zero-order chi connectivity index (χ0) is 14.0. The number of nitrogens with zero attached hydrogens (tertiary/aromatic N) is 2. The van der Waals surface area contributed by atoms with Gasteiger partial charge >= 0.3 is 0 Å². The van der Waals surface area contributed by atoms with Gasteiger partial charge in [-0.05, 0) is 53.4 Å². The summed E-state index contributed by atoms with van der Waals surface area (Å²) in [4.78, 5) is 5.45. The molecule has 3 nitrogen and oxygen atoms in total. The molecule has 0 unspecified atom stereocenters. The minimum atomic E-state index is -0.0332. The van der Waals surface area contributed by atoms with E-state index < -0.39 is 0 Å². The number of nitrogens with two attached hydrogens (primary N) is 1. The molecule has 0 radical (unpaired) electrons. The maximum atomic E-state index is 5.77. The van der Waals surface area contributed by atoms with Gasteiger partial charge in [-0.15, -0.1) is 0 Å². The highest BCUT2D eigenvalue weighted by atomic mass is 32.1. The zero-order valence-corrected chi connectivity index (χ0v) is 13.4. The average Bonchev–Trinajstić information content (AvgIpc) is 2.20. The SMILES string of the molecule is CN(CCC(C)(C)C(N)=S)CC1(N(C)C)CCC1. The molecular weight excluding hydrogens is 242 g/mol. The molecule has 0 saturated heterocycles. The molecule has 1 rings (SSSR count). The summed E-state index contributed by atoms with van der Waals surface area (Å²) < 4.78 is 0. The van der Waals surface area contributed by atoms with E-state index in [4.69, 9.17) is 18.0 Å². The summed E-state index contributed by atoms with van der Waals surface area (Å²) in [6.07, 6.45) is 5.04. The normalized spacial score (nSPS) is 19.1. The highest BCUT2D eigenvalue weighted by Crippen LogP contribution is 2.36. The van der Waals surface area contributed by atoms with Crippen LogP contribution in [0.3, 0.4) is 0 Å². The van der Waals surface area contributed by atoms with Crippen molar-refractivity contribution < 1.29 is 0 Å². The quantitative estimate of drug-likeness (QED) is 0.719. The van der Waals surface area contributed by atoms with Crippen molar-refractivity contribution in [2.24, 2.45) is 11.1 Å². The molecule has 0 aliphatic heterocycles. The second kappa shape index (κ2) is 5.85. The van der Waals surface area contributed by atoms with Crippen molar-refractivity contribution >= 4 is 17.2 Å². The third-order valence-electron chi connectivity index (χ3n) is 4.58. The van der Waals surface area contributed by atoms with Crippen LogP contribution in [-0.2, 0) is 0 Å². The third-order valence-corrected chi connectivity index (χ3v) is 5.14. The Bertz CT molecular complexity index is 295. The predicted octanol–water partition coefficient (Wildman–Crippen LogP) is 2.10. The van der Waals surface area contributed by atoms with Gasteiger partial charge in [-0.1, -0.05) is 26.1 Å². The lowest BCUT2D eigenvalue weighted by Crippen LogP contribution is -2.56. The minimum Gasteiger partial charge on any atom is -0.393 e. The minimum absolute atomic E-state index is 0.0332. The fourth-order valence-corrected chi connectivity index (χ4v) is 2.61. The molecule has 106 valence electrons. The molecule has 1 fully saturated rings. The van der Waals surface area contributed by atoms with E-state index in [0.29, 0.717) is 10.5 Å². The zero-order valence-electron chi connectivity index (χ0n) is 12.6. The van der Waals surface area contributed by atoms with E-state index in [9.17, 15) is 0 Å². The average molecular weight is 271 g/mol. The van der Waals surface area contributed by atoms with Crippen molar-refractivity contribution in [1.29, 1.82) is 0 Å². The Balaban J connectivity index is 2.42. The number of hydrogen-bond donors (Lipinski definition) is 1. The Kier molecular flexibility index (Phi) is 5.15. The molecule has 1 saturated carbocycles. The molecule has 0 bridgehead atoms. The molecule has 1 aliphatic carbocycles. The first-order valence-corrected chi connectivity index (χ1v) is 7.26. The molecule has 0 aromatic heterocycles. The first-order chi connectivity index (χ1) is 8.19. The van der Waals surface area contributed by atoms with E-state index in [2.05, 4.69) is 44.8 Å². The summed E-state index contributed by atoms with van der Waals surface area (Å²) in [5.41, 5.74) is 6.15. The smallest absolute Gasteiger partial charge is 0.0784 e. The highest BCUT2D eigenvalue weighted by Gasteiger charge is 2.39. The lowest BCUT2D eigenvalue weighted by atomic mass is 9.75. The lowest BCUT2D eigenvalue weighted by Gasteiger charge is -2.49. The van der Waals surface area contributed by atoms with Crippen LogP contribution in [0.4, 0.5) is 0 Å². The number of hydrogen-bond acceptors (Lipinski definition) is 3. The van der Waals surface area contributed by atoms with E-state index in [1.54, 1.807) is 0 Å². The van der Waals surface area contributed by atoms with Crippen LogP contribution in [0.2, 0.25) is 0 Å². The molecular formula is C14H29N3S. The fourth-order valence-electron chi connectivity index (χ4n) is 2.51. The molecule has 4 heteroatoms. The Morgan fingerprint density at radius 3 is 2.17 bits per heavy atom. The molecule has 0 amide bonds. The Hall–Kier alpha value is -0.190. The number of rotatable bonds is 7. The maximum absolute atomic E-state index is 5.77. The van der Waals surface area contributed by atoms with E-state index in [0.717, 1.165) is 19.5 Å². The first-order valence-electron chi connectivity index (χ1n) is 6.85. The predicted molar refractivity (Wildman–Crippen MR) is 82.9 cm³/mol. The van der Waals surface area contributed by atoms with Crippen LogP contribution in [0.5, 0.6) is 0 Å². The molecule has 0 aromatic rings. The first kappa shape index (κ1) is 15.9. The van der Waals surface area contributed by atoms with Crippen molar-refractivity contribution in [3.8, 4) is 0 Å². The number of likely N-dealkylation sites (N-methyl/N-ethyl adjacent to an activating group) is 2. The van der Waals surface area contributed by atoms with Gasteiger partial charge in [0.2, 0.25) is 0 Å². The van der Waals surface area contributed by atoms with Crippen LogP contribution in [0.1, 0.15) is 39.5 Å². The van der Waals surface area contributed by atoms with Crippen LogP contribution in [-0.4, -0.2) is 54.6 Å². The maximum Gasteiger partial charge on any atom is 0.0784 e. The van der Waals surface area contributed by atoms with E-state index in [-0.39, 0.29) is 5.41 Å². The van der Waals surface area contributed by atoms with Gasteiger partial charge in [-0.3, -0.25) is 0 Å². The van der Waals surface area contributed by atoms with Crippen molar-refractivity contribution in [3.63, 3.8) is 0 Å². The third kappa shape index (κ3) is 3.65. The molecule has 0 atom stereocenters. The monoisotopic (exact) mass is 271 g/mol. The summed E-state index contributed by atoms with van der Waals surface area (Å²) >= 11 is 5.12. The van der Waals surface area contributed by atoms with Crippen LogP contribution in [0.25, 0.3) is 0 Å². The molecule has 1 aliphatic rings. The lowest BCUT2D eigenvalue weighted by molar-refractivity contribution is 0.0263. The molecule has 0 heterocycles. The Morgan fingerprint density at radius 1 is 1.28 bits per heavy atom. The van der Waals surface area contributed by atoms with Crippen molar-refractivity contribution in [3.05, 3.63) is 0 Å². The fraction of sp³-hybridized carbons (Fsp3) is 0.929. The van der Waals surface area contributed by atoms with Gasteiger partial charge in [-0.25, -0.2) is 0 Å². The molecule has 0 spiro atoms. The van der Waals surface area contributed by atoms with Crippen molar-refractivity contribution in [2.75, 3.05) is 34.2 Å². The second-order valence-corrected chi connectivity index (χ2v) is 7.15. The van der Waals surface area contributed by atoms with Gasteiger partial charge in [-0.2, -0.15) is 0 Å². The van der Waals surface area contributed by atoms with E-state index in [1.807, 2.05) is 0 Å². The van der Waals surface area contributed by atoms with Crippen LogP contribution in [0, 0.1) is 5.41 Å². The topological polar surface area (TPSA) is 32.5 Å². The Morgan fingerprint density at radius 2 is 1.83 bits per heavy atom. The van der Waals surface area contributed by atoms with Gasteiger partial charge < -0.3 is 15.5 Å². The second-order valence-electron chi connectivity index (χ2n) is 6.71. The summed E-state index contributed by atoms with van der Waals surface area (Å²) in [5, 5.41) is 0. The van der Waals surface area contributed by atoms with Crippen LogP contribution >= 0.6 is 12.2 Å². The molecule has 2 N–H and O–H groups in total. The van der Waals surface area contributed by atoms with Crippen LogP contribution < -0.4 is 5.73 Å². The summed E-state index contributed by atoms with van der Waals surface area (Å²) in [6, 6.07) is 0. The summed E-state index contributed by atoms with van der Waals surface area (Å²) in [6.45, 7) is 6.47. The van der Waals surface area contributed by atoms with Gasteiger partial charge in [0, 0.05) is 17.5 Å². The van der Waals surface area contributed by atoms with Crippen molar-refractivity contribution in [2.45, 2.75) is 45.1 Å². The Labute approximate surface area is 118 Å². The van der Waals surface area contributed by atoms with Gasteiger partial charge in [0.1, 0.15) is 0 Å². The van der Waals surface area contributed by atoms with Crippen molar-refractivity contribution in [1.82, 2.24) is 9.80 Å². The molecule has 0 aromatic carbocycles. The summed E-state index contributed by atoms with van der Waals surface area (Å²) in [7, 11) is 6.61. The number of thiocarbonyl (C=S) groups is 1. The highest BCUT2D eigenvalue weighted by molar-refractivity contribution is 7.80.